The third-order valence-corrected chi connectivity index (χ3v) is 3.50. The molecule has 2 rings (SSSR count). The molecular formula is C14H17ClN4O. The average molecular weight is 293 g/mol. The first-order valence-electron chi connectivity index (χ1n) is 6.42. The van der Waals surface area contributed by atoms with E-state index in [0.717, 1.165) is 11.1 Å². The topological polar surface area (TPSA) is 75.0 Å². The maximum Gasteiger partial charge on any atom is 0.271 e. The minimum absolute atomic E-state index is 0.111. The van der Waals surface area contributed by atoms with E-state index in [0.29, 0.717) is 25.5 Å². The zero-order chi connectivity index (χ0) is 14.5. The Morgan fingerprint density at radius 3 is 2.70 bits per heavy atom. The minimum Gasteiger partial charge on any atom is -0.351 e. The number of nitrogens with one attached hydrogen (secondary N) is 1. The highest BCUT2D eigenvalue weighted by Crippen LogP contribution is 2.21. The first kappa shape index (κ1) is 14.6. The molecule has 0 aliphatic heterocycles. The Morgan fingerprint density at radius 2 is 2.05 bits per heavy atom. The lowest BCUT2D eigenvalue weighted by Crippen LogP contribution is -2.26. The molecule has 1 aromatic carbocycles. The van der Waals surface area contributed by atoms with Gasteiger partial charge in [0.2, 0.25) is 0 Å². The lowest BCUT2D eigenvalue weighted by Gasteiger charge is -2.23. The number of benzene rings is 1. The number of nitrogens with zero attached hydrogens (tertiary/aromatic N) is 2. The van der Waals surface area contributed by atoms with E-state index in [2.05, 4.69) is 9.97 Å². The second-order valence-electron chi connectivity index (χ2n) is 4.36. The van der Waals surface area contributed by atoms with E-state index in [4.69, 9.17) is 17.3 Å². The van der Waals surface area contributed by atoms with Crippen LogP contribution in [0.3, 0.4) is 0 Å². The van der Waals surface area contributed by atoms with E-state index < -0.39 is 0 Å². The Bertz CT molecular complexity index is 641. The Morgan fingerprint density at radius 1 is 1.35 bits per heavy atom. The molecule has 0 saturated heterocycles. The maximum absolute atomic E-state index is 11.6. The zero-order valence-corrected chi connectivity index (χ0v) is 12.0. The van der Waals surface area contributed by atoms with Gasteiger partial charge in [-0.3, -0.25) is 4.79 Å². The third kappa shape index (κ3) is 3.00. The van der Waals surface area contributed by atoms with Crippen LogP contribution in [0, 0.1) is 0 Å². The summed E-state index contributed by atoms with van der Waals surface area (Å²) >= 11 is 6.03. The van der Waals surface area contributed by atoms with Crippen LogP contribution in [0.4, 0.5) is 5.82 Å². The highest BCUT2D eigenvalue weighted by molar-refractivity contribution is 6.32. The molecule has 0 radical (unpaired) electrons. The number of rotatable bonds is 5. The molecule has 2 aromatic rings. The van der Waals surface area contributed by atoms with Gasteiger partial charge in [-0.2, -0.15) is 0 Å². The quantitative estimate of drug-likeness (QED) is 0.883. The van der Waals surface area contributed by atoms with E-state index in [9.17, 15) is 4.79 Å². The number of aromatic amines is 1. The molecule has 0 bridgehead atoms. The smallest absolute Gasteiger partial charge is 0.271 e. The molecule has 0 aliphatic carbocycles. The monoisotopic (exact) mass is 292 g/mol. The minimum atomic E-state index is -0.331. The lowest BCUT2D eigenvalue weighted by atomic mass is 10.1. The number of nitrogens with two attached hydrogens (primary N) is 1. The lowest BCUT2D eigenvalue weighted by molar-refractivity contribution is 0.798. The molecular weight excluding hydrogens is 276 g/mol. The number of hydrogen-bond donors (Lipinski definition) is 2. The van der Waals surface area contributed by atoms with Crippen molar-refractivity contribution in [1.29, 1.82) is 0 Å². The second-order valence-corrected chi connectivity index (χ2v) is 4.73. The van der Waals surface area contributed by atoms with Gasteiger partial charge >= 0.3 is 0 Å². The molecule has 5 nitrogen and oxygen atoms in total. The van der Waals surface area contributed by atoms with Crippen molar-refractivity contribution in [1.82, 2.24) is 9.97 Å². The summed E-state index contributed by atoms with van der Waals surface area (Å²) in [6, 6.07) is 7.94. The summed E-state index contributed by atoms with van der Waals surface area (Å²) in [6.45, 7) is 3.77. The summed E-state index contributed by atoms with van der Waals surface area (Å²) in [6.07, 6.45) is 1.36. The van der Waals surface area contributed by atoms with Gasteiger partial charge in [-0.15, -0.1) is 0 Å². The van der Waals surface area contributed by atoms with E-state index in [1.807, 2.05) is 36.1 Å². The summed E-state index contributed by atoms with van der Waals surface area (Å²) in [4.78, 5) is 20.1. The number of halogens is 1. The fraction of sp³-hybridized carbons (Fsp3) is 0.286. The Hall–Kier alpha value is -1.85. The van der Waals surface area contributed by atoms with Crippen LogP contribution >= 0.6 is 11.6 Å². The third-order valence-electron chi connectivity index (χ3n) is 3.16. The summed E-state index contributed by atoms with van der Waals surface area (Å²) in [5.41, 5.74) is 7.60. The molecule has 6 heteroatoms. The number of H-pyrrole nitrogens is 1. The molecule has 0 aliphatic rings. The summed E-state index contributed by atoms with van der Waals surface area (Å²) < 4.78 is 0. The van der Waals surface area contributed by atoms with Gasteiger partial charge in [0.25, 0.3) is 5.56 Å². The fourth-order valence-electron chi connectivity index (χ4n) is 2.05. The summed E-state index contributed by atoms with van der Waals surface area (Å²) in [5.74, 6) is 0.491. The van der Waals surface area contributed by atoms with E-state index in [1.165, 1.54) is 6.33 Å². The van der Waals surface area contributed by atoms with Crippen molar-refractivity contribution in [3.05, 3.63) is 57.1 Å². The van der Waals surface area contributed by atoms with Crippen molar-refractivity contribution in [2.75, 3.05) is 11.4 Å². The van der Waals surface area contributed by atoms with Gasteiger partial charge in [-0.25, -0.2) is 4.98 Å². The Labute approximate surface area is 122 Å². The summed E-state index contributed by atoms with van der Waals surface area (Å²) in [7, 11) is 0. The largest absolute Gasteiger partial charge is 0.351 e. The van der Waals surface area contributed by atoms with Crippen molar-refractivity contribution in [2.24, 2.45) is 5.73 Å². The zero-order valence-electron chi connectivity index (χ0n) is 11.3. The van der Waals surface area contributed by atoms with Gasteiger partial charge in [0.05, 0.1) is 6.33 Å². The van der Waals surface area contributed by atoms with Crippen LogP contribution in [0.15, 0.2) is 35.4 Å². The molecule has 106 valence electrons. The van der Waals surface area contributed by atoms with Crippen LogP contribution in [-0.2, 0) is 13.1 Å². The normalized spacial score (nSPS) is 10.6. The van der Waals surface area contributed by atoms with Crippen LogP contribution < -0.4 is 16.2 Å². The van der Waals surface area contributed by atoms with Gasteiger partial charge in [0.15, 0.2) is 5.82 Å². The van der Waals surface area contributed by atoms with Crippen molar-refractivity contribution in [2.45, 2.75) is 20.0 Å². The Kier molecular flexibility index (Phi) is 4.76. The molecule has 20 heavy (non-hydrogen) atoms. The molecule has 0 amide bonds. The molecule has 0 spiro atoms. The second kappa shape index (κ2) is 6.54. The van der Waals surface area contributed by atoms with Crippen molar-refractivity contribution < 1.29 is 0 Å². The van der Waals surface area contributed by atoms with Crippen molar-refractivity contribution in [3.8, 4) is 0 Å². The summed E-state index contributed by atoms with van der Waals surface area (Å²) in [5, 5.41) is 0.111. The van der Waals surface area contributed by atoms with Gasteiger partial charge in [0, 0.05) is 19.6 Å². The fourth-order valence-corrected chi connectivity index (χ4v) is 2.27. The van der Waals surface area contributed by atoms with Crippen molar-refractivity contribution in [3.63, 3.8) is 0 Å². The first-order chi connectivity index (χ1) is 9.67. The van der Waals surface area contributed by atoms with Gasteiger partial charge < -0.3 is 15.6 Å². The highest BCUT2D eigenvalue weighted by atomic mass is 35.5. The van der Waals surface area contributed by atoms with Crippen LogP contribution in [0.2, 0.25) is 5.02 Å². The predicted molar refractivity (Wildman–Crippen MR) is 80.9 cm³/mol. The first-order valence-corrected chi connectivity index (χ1v) is 6.80. The standard InChI is InChI=1S/C14H17ClN4O/c1-2-19(13-12(15)14(20)18-9-17-13)8-11-6-4-3-5-10(11)7-16/h3-6,9H,2,7-8,16H2,1H3,(H,17,18,20). The van der Waals surface area contributed by atoms with Crippen LogP contribution in [0.1, 0.15) is 18.1 Å². The van der Waals surface area contributed by atoms with Crippen LogP contribution in [0.5, 0.6) is 0 Å². The number of aromatic nitrogens is 2. The molecule has 0 unspecified atom stereocenters. The van der Waals surface area contributed by atoms with E-state index in [-0.39, 0.29) is 10.6 Å². The average Bonchev–Trinajstić information content (AvgIpc) is 2.48. The van der Waals surface area contributed by atoms with Crippen LogP contribution in [0.25, 0.3) is 0 Å². The van der Waals surface area contributed by atoms with Gasteiger partial charge in [-0.05, 0) is 18.1 Å². The number of anilines is 1. The van der Waals surface area contributed by atoms with Gasteiger partial charge in [0.1, 0.15) is 5.02 Å². The highest BCUT2D eigenvalue weighted by Gasteiger charge is 2.14. The molecule has 3 N–H and O–H groups in total. The molecule has 1 heterocycles. The number of hydrogen-bond acceptors (Lipinski definition) is 4. The van der Waals surface area contributed by atoms with E-state index >= 15 is 0 Å². The van der Waals surface area contributed by atoms with Gasteiger partial charge in [-0.1, -0.05) is 35.9 Å². The van der Waals surface area contributed by atoms with E-state index in [1.54, 1.807) is 0 Å². The SMILES string of the molecule is CCN(Cc1ccccc1CN)c1nc[nH]c(=O)c1Cl. The molecule has 0 atom stereocenters. The van der Waals surface area contributed by atoms with Crippen molar-refractivity contribution >= 4 is 17.4 Å². The van der Waals surface area contributed by atoms with Crippen LogP contribution in [-0.4, -0.2) is 16.5 Å². The molecule has 0 saturated carbocycles. The molecule has 0 fully saturated rings. The maximum atomic E-state index is 11.6. The molecule has 1 aromatic heterocycles. The Balaban J connectivity index is 2.34. The predicted octanol–water partition coefficient (Wildman–Crippen LogP) is 1.91.